The molecule has 0 aliphatic rings. The SMILES string of the molecule is C#CCN(CC(F)(F)F)C(=O)c1cc(C)nc2cc(Br)ccc12. The molecule has 0 spiro atoms. The highest BCUT2D eigenvalue weighted by molar-refractivity contribution is 9.10. The lowest BCUT2D eigenvalue weighted by Crippen LogP contribution is -2.39. The van der Waals surface area contributed by atoms with Crippen LogP contribution in [-0.2, 0) is 0 Å². The Morgan fingerprint density at radius 2 is 2.09 bits per heavy atom. The van der Waals surface area contributed by atoms with Gasteiger partial charge < -0.3 is 4.90 Å². The van der Waals surface area contributed by atoms with Crippen molar-refractivity contribution in [2.75, 3.05) is 13.1 Å². The van der Waals surface area contributed by atoms with Crippen molar-refractivity contribution < 1.29 is 18.0 Å². The van der Waals surface area contributed by atoms with Crippen LogP contribution in [-0.4, -0.2) is 35.1 Å². The number of aryl methyl sites for hydroxylation is 1. The Kier molecular flexibility index (Phi) is 4.95. The second-order valence-corrected chi connectivity index (χ2v) is 5.87. The van der Waals surface area contributed by atoms with Gasteiger partial charge in [0.1, 0.15) is 6.54 Å². The first-order valence-electron chi connectivity index (χ1n) is 6.57. The summed E-state index contributed by atoms with van der Waals surface area (Å²) >= 11 is 3.30. The molecule has 1 aromatic heterocycles. The first-order valence-corrected chi connectivity index (χ1v) is 7.37. The molecule has 1 amide bonds. The van der Waals surface area contributed by atoms with Crippen molar-refractivity contribution in [1.29, 1.82) is 0 Å². The van der Waals surface area contributed by atoms with Crippen LogP contribution >= 0.6 is 15.9 Å². The third kappa shape index (κ3) is 4.23. The molecule has 1 heterocycles. The summed E-state index contributed by atoms with van der Waals surface area (Å²) in [6.07, 6.45) is 0.576. The van der Waals surface area contributed by atoms with Crippen LogP contribution in [0.4, 0.5) is 13.2 Å². The number of nitrogens with zero attached hydrogens (tertiary/aromatic N) is 2. The fraction of sp³-hybridized carbons (Fsp3) is 0.250. The van der Waals surface area contributed by atoms with Gasteiger partial charge in [-0.15, -0.1) is 6.42 Å². The third-order valence-corrected chi connectivity index (χ3v) is 3.56. The number of rotatable bonds is 3. The van der Waals surface area contributed by atoms with E-state index in [1.54, 1.807) is 25.1 Å². The van der Waals surface area contributed by atoms with Crippen LogP contribution in [0.2, 0.25) is 0 Å². The molecule has 1 aromatic carbocycles. The van der Waals surface area contributed by atoms with Gasteiger partial charge in [-0.1, -0.05) is 27.9 Å². The maximum atomic E-state index is 12.7. The Labute approximate surface area is 139 Å². The molecular formula is C16H12BrF3N2O. The van der Waals surface area contributed by atoms with Crippen molar-refractivity contribution in [2.45, 2.75) is 13.1 Å². The van der Waals surface area contributed by atoms with Crippen molar-refractivity contribution in [1.82, 2.24) is 9.88 Å². The number of aromatic nitrogens is 1. The summed E-state index contributed by atoms with van der Waals surface area (Å²) in [5.41, 5.74) is 1.21. The molecule has 0 bridgehead atoms. The number of alkyl halides is 3. The molecule has 0 aliphatic heterocycles. The van der Waals surface area contributed by atoms with Gasteiger partial charge in [-0.3, -0.25) is 9.78 Å². The van der Waals surface area contributed by atoms with E-state index >= 15 is 0 Å². The average molecular weight is 385 g/mol. The number of benzene rings is 1. The summed E-state index contributed by atoms with van der Waals surface area (Å²) in [5, 5.41) is 0.480. The largest absolute Gasteiger partial charge is 0.406 e. The van der Waals surface area contributed by atoms with Crippen molar-refractivity contribution >= 4 is 32.7 Å². The number of carbonyl (C=O) groups excluding carboxylic acids is 1. The monoisotopic (exact) mass is 384 g/mol. The third-order valence-electron chi connectivity index (χ3n) is 3.07. The van der Waals surface area contributed by atoms with Crippen molar-refractivity contribution in [3.63, 3.8) is 0 Å². The summed E-state index contributed by atoms with van der Waals surface area (Å²) in [6.45, 7) is -0.139. The van der Waals surface area contributed by atoms with Crippen LogP contribution in [0.1, 0.15) is 16.1 Å². The van der Waals surface area contributed by atoms with E-state index in [9.17, 15) is 18.0 Å². The first kappa shape index (κ1) is 17.3. The molecule has 0 atom stereocenters. The van der Waals surface area contributed by atoms with Gasteiger partial charge in [0.15, 0.2) is 0 Å². The van der Waals surface area contributed by atoms with Crippen LogP contribution in [0, 0.1) is 19.3 Å². The van der Waals surface area contributed by atoms with Gasteiger partial charge in [0.2, 0.25) is 0 Å². The average Bonchev–Trinajstić information content (AvgIpc) is 2.43. The lowest BCUT2D eigenvalue weighted by Gasteiger charge is -2.22. The van der Waals surface area contributed by atoms with E-state index in [0.717, 1.165) is 4.47 Å². The molecule has 0 saturated carbocycles. The first-order chi connectivity index (χ1) is 10.7. The second-order valence-electron chi connectivity index (χ2n) is 4.95. The summed E-state index contributed by atoms with van der Waals surface area (Å²) in [6, 6.07) is 6.51. The number of hydrogen-bond donors (Lipinski definition) is 0. The van der Waals surface area contributed by atoms with E-state index < -0.39 is 25.2 Å². The molecule has 7 heteroatoms. The number of amides is 1. The highest BCUT2D eigenvalue weighted by atomic mass is 79.9. The molecule has 0 unspecified atom stereocenters. The molecule has 3 nitrogen and oxygen atoms in total. The number of hydrogen-bond acceptors (Lipinski definition) is 2. The van der Waals surface area contributed by atoms with Gasteiger partial charge in [-0.2, -0.15) is 13.2 Å². The van der Waals surface area contributed by atoms with Gasteiger partial charge >= 0.3 is 6.18 Å². The Bertz CT molecular complexity index is 791. The zero-order valence-electron chi connectivity index (χ0n) is 12.1. The van der Waals surface area contributed by atoms with Gasteiger partial charge in [0.25, 0.3) is 5.91 Å². The molecule has 2 aromatic rings. The Hall–Kier alpha value is -2.07. The fourth-order valence-electron chi connectivity index (χ4n) is 2.21. The Balaban J connectivity index is 2.52. The Morgan fingerprint density at radius 1 is 1.39 bits per heavy atom. The number of terminal acetylenes is 1. The topological polar surface area (TPSA) is 33.2 Å². The smallest absolute Gasteiger partial charge is 0.318 e. The minimum Gasteiger partial charge on any atom is -0.318 e. The van der Waals surface area contributed by atoms with E-state index in [1.807, 2.05) is 0 Å². The maximum Gasteiger partial charge on any atom is 0.406 e. The predicted molar refractivity (Wildman–Crippen MR) is 85.0 cm³/mol. The summed E-state index contributed by atoms with van der Waals surface area (Å²) in [4.78, 5) is 17.5. The standard InChI is InChI=1S/C16H12BrF3N2O/c1-3-6-22(9-16(18,19)20)15(23)13-7-10(2)21-14-8-11(17)4-5-12(13)14/h1,4-5,7-8H,6,9H2,2H3. The molecule has 0 fully saturated rings. The molecule has 0 saturated heterocycles. The fourth-order valence-corrected chi connectivity index (χ4v) is 2.56. The molecule has 0 radical (unpaired) electrons. The highest BCUT2D eigenvalue weighted by Crippen LogP contribution is 2.25. The van der Waals surface area contributed by atoms with Crippen molar-refractivity contribution in [3.8, 4) is 12.3 Å². The van der Waals surface area contributed by atoms with Gasteiger partial charge in [0.05, 0.1) is 17.6 Å². The van der Waals surface area contributed by atoms with Crippen LogP contribution in [0.25, 0.3) is 10.9 Å². The second kappa shape index (κ2) is 6.59. The van der Waals surface area contributed by atoms with Crippen LogP contribution < -0.4 is 0 Å². The van der Waals surface area contributed by atoms with E-state index in [-0.39, 0.29) is 5.56 Å². The van der Waals surface area contributed by atoms with Crippen molar-refractivity contribution in [2.24, 2.45) is 0 Å². The molecular weight excluding hydrogens is 373 g/mol. The summed E-state index contributed by atoms with van der Waals surface area (Å²) in [7, 11) is 0. The van der Waals surface area contributed by atoms with Gasteiger partial charge in [-0.25, -0.2) is 0 Å². The molecule has 23 heavy (non-hydrogen) atoms. The zero-order chi connectivity index (χ0) is 17.2. The highest BCUT2D eigenvalue weighted by Gasteiger charge is 2.33. The number of halogens is 4. The van der Waals surface area contributed by atoms with E-state index in [1.165, 1.54) is 6.07 Å². The van der Waals surface area contributed by atoms with Gasteiger partial charge in [0, 0.05) is 15.6 Å². The van der Waals surface area contributed by atoms with Crippen molar-refractivity contribution in [3.05, 3.63) is 40.0 Å². The van der Waals surface area contributed by atoms with Crippen LogP contribution in [0.5, 0.6) is 0 Å². The lowest BCUT2D eigenvalue weighted by atomic mass is 10.1. The number of pyridine rings is 1. The summed E-state index contributed by atoms with van der Waals surface area (Å²) in [5.74, 6) is 1.33. The van der Waals surface area contributed by atoms with Gasteiger partial charge in [-0.05, 0) is 25.1 Å². The quantitative estimate of drug-likeness (QED) is 0.750. The zero-order valence-corrected chi connectivity index (χ0v) is 13.7. The molecule has 120 valence electrons. The summed E-state index contributed by atoms with van der Waals surface area (Å²) < 4.78 is 38.8. The van der Waals surface area contributed by atoms with Crippen LogP contribution in [0.15, 0.2) is 28.7 Å². The van der Waals surface area contributed by atoms with Crippen LogP contribution in [0.3, 0.4) is 0 Å². The minimum atomic E-state index is -4.52. The van der Waals surface area contributed by atoms with E-state index in [2.05, 4.69) is 26.8 Å². The minimum absolute atomic E-state index is 0.152. The molecule has 0 N–H and O–H groups in total. The normalized spacial score (nSPS) is 11.3. The molecule has 0 aliphatic carbocycles. The number of carbonyl (C=O) groups is 1. The molecule has 2 rings (SSSR count). The maximum absolute atomic E-state index is 12.7. The Morgan fingerprint density at radius 3 is 2.70 bits per heavy atom. The van der Waals surface area contributed by atoms with E-state index in [4.69, 9.17) is 6.42 Å². The predicted octanol–water partition coefficient (Wildman–Crippen LogP) is 3.94. The van der Waals surface area contributed by atoms with E-state index in [0.29, 0.717) is 21.5 Å². The number of fused-ring (bicyclic) bond motifs is 1. The lowest BCUT2D eigenvalue weighted by molar-refractivity contribution is -0.139.